The second-order valence-corrected chi connectivity index (χ2v) is 13.5. The number of carbonyl (C=O) groups is 1. The van der Waals surface area contributed by atoms with Crippen LogP contribution in [0.1, 0.15) is 50.5 Å². The molecule has 2 aliphatic rings. The summed E-state index contributed by atoms with van der Waals surface area (Å²) in [5.74, 6) is 0.903. The van der Waals surface area contributed by atoms with E-state index in [2.05, 4.69) is 36.3 Å². The number of rotatable bonds is 6. The van der Waals surface area contributed by atoms with Crippen LogP contribution in [-0.2, 0) is 16.6 Å². The zero-order valence-electron chi connectivity index (χ0n) is 25.3. The SMILES string of the molecule is CC(=O)[C@@H](OC(C)(C)C)c1c(C)cc2nc(-c3ccnc(-c4cc5c(C)cnc-5n(C)c4)c3)sc2c1-c1ccc(Cl)cc1. The number of benzene rings is 2. The van der Waals surface area contributed by atoms with Crippen molar-refractivity contribution in [3.63, 3.8) is 0 Å². The molecule has 0 saturated heterocycles. The van der Waals surface area contributed by atoms with Gasteiger partial charge in [-0.2, -0.15) is 0 Å². The number of Topliss-reactive ketones (excluding diaryl/α,β-unsaturated/α-hetero) is 1. The first-order chi connectivity index (χ1) is 20.4. The Morgan fingerprint density at radius 3 is 2.42 bits per heavy atom. The van der Waals surface area contributed by atoms with Crippen molar-refractivity contribution in [2.45, 2.75) is 53.2 Å². The molecule has 0 aliphatic carbocycles. The Balaban J connectivity index is 1.54. The van der Waals surface area contributed by atoms with E-state index in [-0.39, 0.29) is 5.78 Å². The summed E-state index contributed by atoms with van der Waals surface area (Å²) in [7, 11) is 2.01. The summed E-state index contributed by atoms with van der Waals surface area (Å²) in [4.78, 5) is 27.4. The molecule has 218 valence electrons. The van der Waals surface area contributed by atoms with Gasteiger partial charge in [0.25, 0.3) is 0 Å². The van der Waals surface area contributed by atoms with Crippen LogP contribution in [-0.4, -0.2) is 30.9 Å². The summed E-state index contributed by atoms with van der Waals surface area (Å²) < 4.78 is 9.42. The lowest BCUT2D eigenvalue weighted by Gasteiger charge is -2.29. The molecule has 0 bridgehead atoms. The third kappa shape index (κ3) is 5.60. The molecule has 0 amide bonds. The standard InChI is InChI=1S/C35H33ClN4O2S/c1-19-14-28-32(30(22-8-10-25(36)11-9-22)29(19)31(21(3)41)42-35(4,5)6)43-34(39-28)23-12-13-37-27(16-23)24-15-26-20(2)17-38-33(26)40(7)18-24/h8-18,31H,1-7H3/t31-/m1/s1. The molecule has 1 atom stereocenters. The van der Waals surface area contributed by atoms with Crippen LogP contribution >= 0.6 is 22.9 Å². The number of fused-ring (bicyclic) bond motifs is 2. The van der Waals surface area contributed by atoms with Gasteiger partial charge in [-0.1, -0.05) is 23.7 Å². The number of ether oxygens (including phenoxy) is 1. The molecule has 0 N–H and O–H groups in total. The zero-order valence-corrected chi connectivity index (χ0v) is 26.9. The van der Waals surface area contributed by atoms with E-state index in [4.69, 9.17) is 26.3 Å². The molecule has 4 heterocycles. The van der Waals surface area contributed by atoms with Crippen molar-refractivity contribution in [1.29, 1.82) is 0 Å². The number of aromatic nitrogens is 4. The van der Waals surface area contributed by atoms with Gasteiger partial charge < -0.3 is 9.30 Å². The summed E-state index contributed by atoms with van der Waals surface area (Å²) >= 11 is 7.89. The highest BCUT2D eigenvalue weighted by atomic mass is 35.5. The van der Waals surface area contributed by atoms with E-state index in [0.717, 1.165) is 71.3 Å². The Morgan fingerprint density at radius 2 is 1.72 bits per heavy atom. The summed E-state index contributed by atoms with van der Waals surface area (Å²) in [5.41, 5.74) is 9.17. The van der Waals surface area contributed by atoms with Crippen molar-refractivity contribution in [3.8, 4) is 44.3 Å². The number of pyridine rings is 2. The van der Waals surface area contributed by atoms with E-state index >= 15 is 0 Å². The maximum Gasteiger partial charge on any atom is 0.163 e. The predicted molar refractivity (Wildman–Crippen MR) is 176 cm³/mol. The number of aryl methyl sites for hydroxylation is 3. The van der Waals surface area contributed by atoms with Crippen molar-refractivity contribution in [2.24, 2.45) is 7.05 Å². The molecule has 43 heavy (non-hydrogen) atoms. The molecular weight excluding hydrogens is 576 g/mol. The van der Waals surface area contributed by atoms with Crippen molar-refractivity contribution < 1.29 is 9.53 Å². The number of thiazole rings is 1. The molecule has 4 aromatic rings. The Kier molecular flexibility index (Phi) is 7.45. The van der Waals surface area contributed by atoms with Gasteiger partial charge in [0.15, 0.2) is 5.78 Å². The van der Waals surface area contributed by atoms with Crippen LogP contribution in [0, 0.1) is 13.8 Å². The second-order valence-electron chi connectivity index (χ2n) is 12.0. The van der Waals surface area contributed by atoms with Gasteiger partial charge in [-0.3, -0.25) is 9.78 Å². The number of halogens is 1. The molecule has 0 spiro atoms. The Morgan fingerprint density at radius 1 is 0.977 bits per heavy atom. The average Bonchev–Trinajstić information content (AvgIpc) is 3.55. The predicted octanol–water partition coefficient (Wildman–Crippen LogP) is 9.25. The smallest absolute Gasteiger partial charge is 0.163 e. The molecule has 2 aromatic carbocycles. The largest absolute Gasteiger partial charge is 0.360 e. The van der Waals surface area contributed by atoms with Crippen LogP contribution in [0.15, 0.2) is 67.1 Å². The Labute approximate surface area is 260 Å². The first-order valence-electron chi connectivity index (χ1n) is 14.2. The van der Waals surface area contributed by atoms with E-state index in [1.165, 1.54) is 0 Å². The quantitative estimate of drug-likeness (QED) is 0.188. The lowest BCUT2D eigenvalue weighted by atomic mass is 9.90. The van der Waals surface area contributed by atoms with Gasteiger partial charge >= 0.3 is 0 Å². The Hall–Kier alpha value is -3.91. The monoisotopic (exact) mass is 608 g/mol. The van der Waals surface area contributed by atoms with Gasteiger partial charge in [0, 0.05) is 58.5 Å². The molecule has 0 unspecified atom stereocenters. The lowest BCUT2D eigenvalue weighted by molar-refractivity contribution is -0.138. The fourth-order valence-corrected chi connectivity index (χ4v) is 6.78. The van der Waals surface area contributed by atoms with Gasteiger partial charge in [-0.05, 0) is 94.6 Å². The highest BCUT2D eigenvalue weighted by molar-refractivity contribution is 7.22. The summed E-state index contributed by atoms with van der Waals surface area (Å²) in [6, 6.07) is 16.0. The van der Waals surface area contributed by atoms with E-state index in [1.54, 1.807) is 18.3 Å². The Bertz CT molecular complexity index is 1970. The minimum absolute atomic E-state index is 0.0449. The molecule has 0 fully saturated rings. The topological polar surface area (TPSA) is 69.9 Å². The molecule has 6 nitrogen and oxygen atoms in total. The van der Waals surface area contributed by atoms with E-state index in [9.17, 15) is 4.79 Å². The molecule has 0 radical (unpaired) electrons. The van der Waals surface area contributed by atoms with Gasteiger partial charge in [-0.25, -0.2) is 9.97 Å². The van der Waals surface area contributed by atoms with Gasteiger partial charge in [0.2, 0.25) is 0 Å². The molecule has 8 heteroatoms. The fourth-order valence-electron chi connectivity index (χ4n) is 5.53. The van der Waals surface area contributed by atoms with Crippen LogP contribution in [0.5, 0.6) is 0 Å². The number of ketones is 1. The summed E-state index contributed by atoms with van der Waals surface area (Å²) in [6.07, 6.45) is 5.07. The highest BCUT2D eigenvalue weighted by Crippen LogP contribution is 2.45. The first-order valence-corrected chi connectivity index (χ1v) is 15.4. The van der Waals surface area contributed by atoms with Crippen LogP contribution in [0.2, 0.25) is 5.02 Å². The molecule has 6 rings (SSSR count). The molecular formula is C35H33ClN4O2S. The minimum atomic E-state index is -0.724. The number of hydrogen-bond donors (Lipinski definition) is 0. The fraction of sp³-hybridized carbons (Fsp3) is 0.257. The van der Waals surface area contributed by atoms with E-state index < -0.39 is 11.7 Å². The number of carbonyl (C=O) groups excluding carboxylic acids is 1. The molecule has 0 saturated carbocycles. The van der Waals surface area contributed by atoms with Gasteiger partial charge in [-0.15, -0.1) is 11.3 Å². The second kappa shape index (κ2) is 11.0. The van der Waals surface area contributed by atoms with Crippen molar-refractivity contribution in [1.82, 2.24) is 19.5 Å². The summed E-state index contributed by atoms with van der Waals surface area (Å²) in [5, 5.41) is 1.52. The maximum absolute atomic E-state index is 13.1. The third-order valence-corrected chi connectivity index (χ3v) is 8.87. The zero-order chi connectivity index (χ0) is 30.6. The normalized spacial score (nSPS) is 12.7. The van der Waals surface area contributed by atoms with Crippen LogP contribution in [0.3, 0.4) is 0 Å². The van der Waals surface area contributed by atoms with E-state index in [0.29, 0.717) is 5.02 Å². The van der Waals surface area contributed by atoms with Crippen molar-refractivity contribution in [3.05, 3.63) is 88.8 Å². The average molecular weight is 609 g/mol. The van der Waals surface area contributed by atoms with E-state index in [1.807, 2.05) is 82.0 Å². The minimum Gasteiger partial charge on any atom is -0.360 e. The van der Waals surface area contributed by atoms with Gasteiger partial charge in [0.05, 0.1) is 21.5 Å². The van der Waals surface area contributed by atoms with Crippen LogP contribution < -0.4 is 0 Å². The van der Waals surface area contributed by atoms with Crippen molar-refractivity contribution >= 4 is 38.9 Å². The number of nitrogens with zero attached hydrogens (tertiary/aromatic N) is 4. The van der Waals surface area contributed by atoms with Gasteiger partial charge in [0.1, 0.15) is 16.9 Å². The van der Waals surface area contributed by atoms with Crippen LogP contribution in [0.25, 0.3) is 54.6 Å². The maximum atomic E-state index is 13.1. The van der Waals surface area contributed by atoms with Crippen LogP contribution in [0.4, 0.5) is 0 Å². The first kappa shape index (κ1) is 29.2. The molecule has 2 aromatic heterocycles. The third-order valence-electron chi connectivity index (χ3n) is 7.48. The number of hydrogen-bond acceptors (Lipinski definition) is 6. The summed E-state index contributed by atoms with van der Waals surface area (Å²) in [6.45, 7) is 11.6. The lowest BCUT2D eigenvalue weighted by Crippen LogP contribution is -2.27. The molecule has 2 aliphatic heterocycles. The highest BCUT2D eigenvalue weighted by Gasteiger charge is 2.30. The van der Waals surface area contributed by atoms with Crippen molar-refractivity contribution in [2.75, 3.05) is 0 Å².